The molecule has 1 N–H and O–H groups in total. The molecule has 0 spiro atoms. The van der Waals surface area contributed by atoms with Gasteiger partial charge in [-0.25, -0.2) is 13.4 Å². The number of hydrogen-bond acceptors (Lipinski definition) is 6. The fourth-order valence-corrected chi connectivity index (χ4v) is 5.15. The zero-order valence-corrected chi connectivity index (χ0v) is 19.2. The summed E-state index contributed by atoms with van der Waals surface area (Å²) in [6, 6.07) is 11.3. The smallest absolute Gasteiger partial charge is 0.264 e. The zero-order valence-electron chi connectivity index (χ0n) is 16.8. The highest BCUT2D eigenvalue weighted by Gasteiger charge is 2.28. The summed E-state index contributed by atoms with van der Waals surface area (Å²) in [6.07, 6.45) is 0.625. The molecule has 1 aromatic heterocycles. The Hall–Kier alpha value is -2.75. The number of sulfonamides is 1. The third-order valence-electron chi connectivity index (χ3n) is 4.53. The third-order valence-corrected chi connectivity index (χ3v) is 7.58. The van der Waals surface area contributed by atoms with E-state index < -0.39 is 22.5 Å². The fraction of sp³-hybridized carbons (Fsp3) is 0.190. The first-order valence-corrected chi connectivity index (χ1v) is 11.9. The van der Waals surface area contributed by atoms with E-state index in [-0.39, 0.29) is 17.1 Å². The van der Waals surface area contributed by atoms with E-state index in [0.717, 1.165) is 9.87 Å². The molecular weight excluding hydrogens is 458 g/mol. The Morgan fingerprint density at radius 1 is 1.19 bits per heavy atom. The van der Waals surface area contributed by atoms with E-state index in [1.54, 1.807) is 42.6 Å². The van der Waals surface area contributed by atoms with Crippen LogP contribution in [0.1, 0.15) is 26.6 Å². The maximum atomic E-state index is 13.4. The lowest BCUT2D eigenvalue weighted by Gasteiger charge is -2.26. The molecule has 0 bridgehead atoms. The highest BCUT2D eigenvalue weighted by molar-refractivity contribution is 7.92. The van der Waals surface area contributed by atoms with Crippen LogP contribution in [0.25, 0.3) is 0 Å². The molecule has 162 valence electrons. The Labute approximate surface area is 189 Å². The molecule has 1 amide bonds. The molecular formula is C21H20ClN3O4S2. The van der Waals surface area contributed by atoms with E-state index in [4.69, 9.17) is 11.6 Å². The number of anilines is 1. The van der Waals surface area contributed by atoms with Gasteiger partial charge in [-0.2, -0.15) is 0 Å². The lowest BCUT2D eigenvalue weighted by Crippen LogP contribution is -2.41. The number of aryl methyl sites for hydroxylation is 1. The molecule has 0 aliphatic carbocycles. The first kappa shape index (κ1) is 22.9. The van der Waals surface area contributed by atoms with Gasteiger partial charge in [0.1, 0.15) is 17.2 Å². The highest BCUT2D eigenvalue weighted by Crippen LogP contribution is 2.30. The van der Waals surface area contributed by atoms with Gasteiger partial charge in [-0.15, -0.1) is 11.3 Å². The second-order valence-electron chi connectivity index (χ2n) is 6.77. The molecule has 0 aliphatic rings. The number of nitrogens with one attached hydrogen (secondary N) is 1. The largest absolute Gasteiger partial charge is 0.348 e. The second-order valence-corrected chi connectivity index (χ2v) is 9.98. The Morgan fingerprint density at radius 3 is 2.55 bits per heavy atom. The van der Waals surface area contributed by atoms with Crippen molar-refractivity contribution in [1.29, 1.82) is 0 Å². The van der Waals surface area contributed by atoms with Crippen LogP contribution in [0, 0.1) is 13.8 Å². The van der Waals surface area contributed by atoms with Gasteiger partial charge < -0.3 is 5.32 Å². The third kappa shape index (κ3) is 5.30. The SMILES string of the molecule is Cc1ccc(S(=O)(=O)N(CC(=O)NCc2nc(C=O)cs2)c2cccc(Cl)c2C)cc1. The average molecular weight is 478 g/mol. The van der Waals surface area contributed by atoms with Gasteiger partial charge >= 0.3 is 0 Å². The molecule has 0 saturated carbocycles. The highest BCUT2D eigenvalue weighted by atomic mass is 35.5. The minimum atomic E-state index is -4.03. The maximum Gasteiger partial charge on any atom is 0.264 e. The number of aromatic nitrogens is 1. The first-order valence-electron chi connectivity index (χ1n) is 9.23. The number of aldehydes is 1. The molecule has 3 aromatic rings. The van der Waals surface area contributed by atoms with E-state index in [0.29, 0.717) is 27.6 Å². The number of nitrogens with zero attached hydrogens (tertiary/aromatic N) is 2. The summed E-state index contributed by atoms with van der Waals surface area (Å²) in [5.74, 6) is -0.516. The minimum Gasteiger partial charge on any atom is -0.348 e. The van der Waals surface area contributed by atoms with Gasteiger partial charge in [0.25, 0.3) is 10.0 Å². The number of carbonyl (C=O) groups is 2. The van der Waals surface area contributed by atoms with Gasteiger partial charge in [-0.1, -0.05) is 35.4 Å². The average Bonchev–Trinajstić information content (AvgIpc) is 3.21. The van der Waals surface area contributed by atoms with E-state index >= 15 is 0 Å². The van der Waals surface area contributed by atoms with Crippen LogP contribution in [0.15, 0.2) is 52.7 Å². The minimum absolute atomic E-state index is 0.0702. The van der Waals surface area contributed by atoms with Crippen molar-refractivity contribution in [2.75, 3.05) is 10.8 Å². The maximum absolute atomic E-state index is 13.4. The van der Waals surface area contributed by atoms with Crippen molar-refractivity contribution in [2.45, 2.75) is 25.3 Å². The first-order chi connectivity index (χ1) is 14.7. The standard InChI is InChI=1S/C21H20ClN3O4S2/c1-14-6-8-17(9-7-14)31(28,29)25(19-5-3-4-18(22)15(19)2)11-20(27)23-10-21-24-16(12-26)13-30-21/h3-9,12-13H,10-11H2,1-2H3,(H,23,27). The molecule has 0 saturated heterocycles. The van der Waals surface area contributed by atoms with Crippen molar-refractivity contribution < 1.29 is 18.0 Å². The van der Waals surface area contributed by atoms with Crippen LogP contribution < -0.4 is 9.62 Å². The predicted molar refractivity (Wildman–Crippen MR) is 121 cm³/mol. The summed E-state index contributed by atoms with van der Waals surface area (Å²) in [6.45, 7) is 3.20. The Morgan fingerprint density at radius 2 is 1.90 bits per heavy atom. The molecule has 2 aromatic carbocycles. The van der Waals surface area contributed by atoms with Gasteiger partial charge in [0, 0.05) is 10.4 Å². The molecule has 31 heavy (non-hydrogen) atoms. The summed E-state index contributed by atoms with van der Waals surface area (Å²) in [7, 11) is -4.03. The molecule has 1 heterocycles. The van der Waals surface area contributed by atoms with Crippen LogP contribution in [0.2, 0.25) is 5.02 Å². The van der Waals surface area contributed by atoms with Crippen molar-refractivity contribution in [2.24, 2.45) is 0 Å². The number of thiazole rings is 1. The Bertz CT molecular complexity index is 1210. The molecule has 0 unspecified atom stereocenters. The normalized spacial score (nSPS) is 11.2. The quantitative estimate of drug-likeness (QED) is 0.498. The summed E-state index contributed by atoms with van der Waals surface area (Å²) >= 11 is 7.44. The van der Waals surface area contributed by atoms with Gasteiger partial charge in [-0.05, 0) is 43.7 Å². The van der Waals surface area contributed by atoms with Crippen molar-refractivity contribution in [3.8, 4) is 0 Å². The lowest BCUT2D eigenvalue weighted by molar-refractivity contribution is -0.119. The second kappa shape index (κ2) is 9.59. The number of halogens is 1. The molecule has 10 heteroatoms. The van der Waals surface area contributed by atoms with Crippen molar-refractivity contribution in [3.63, 3.8) is 0 Å². The Balaban J connectivity index is 1.90. The van der Waals surface area contributed by atoms with Crippen LogP contribution >= 0.6 is 22.9 Å². The van der Waals surface area contributed by atoms with Crippen molar-refractivity contribution >= 4 is 50.8 Å². The van der Waals surface area contributed by atoms with Crippen LogP contribution in [-0.2, 0) is 21.4 Å². The van der Waals surface area contributed by atoms with E-state index in [1.165, 1.54) is 23.5 Å². The molecule has 0 aliphatic heterocycles. The van der Waals surface area contributed by atoms with Crippen LogP contribution in [0.4, 0.5) is 5.69 Å². The Kier molecular flexibility index (Phi) is 7.09. The lowest BCUT2D eigenvalue weighted by atomic mass is 10.2. The van der Waals surface area contributed by atoms with Gasteiger partial charge in [-0.3, -0.25) is 13.9 Å². The number of amides is 1. The monoisotopic (exact) mass is 477 g/mol. The van der Waals surface area contributed by atoms with E-state index in [9.17, 15) is 18.0 Å². The topological polar surface area (TPSA) is 96.4 Å². The van der Waals surface area contributed by atoms with Crippen molar-refractivity contribution in [3.05, 3.63) is 74.7 Å². The molecule has 0 fully saturated rings. The number of hydrogen-bond donors (Lipinski definition) is 1. The van der Waals surface area contributed by atoms with E-state index in [2.05, 4.69) is 10.3 Å². The van der Waals surface area contributed by atoms with E-state index in [1.807, 2.05) is 6.92 Å². The van der Waals surface area contributed by atoms with Gasteiger partial charge in [0.2, 0.25) is 5.91 Å². The van der Waals surface area contributed by atoms with Crippen LogP contribution in [0.3, 0.4) is 0 Å². The van der Waals surface area contributed by atoms with Crippen molar-refractivity contribution in [1.82, 2.24) is 10.3 Å². The fourth-order valence-electron chi connectivity index (χ4n) is 2.82. The van der Waals surface area contributed by atoms with Gasteiger partial charge in [0.05, 0.1) is 17.1 Å². The zero-order chi connectivity index (χ0) is 22.6. The number of benzene rings is 2. The molecule has 3 rings (SSSR count). The number of rotatable bonds is 8. The molecule has 0 radical (unpaired) electrons. The summed E-state index contributed by atoms with van der Waals surface area (Å²) in [5, 5.41) is 5.18. The summed E-state index contributed by atoms with van der Waals surface area (Å²) in [4.78, 5) is 27.5. The van der Waals surface area contributed by atoms with Crippen LogP contribution in [-0.4, -0.2) is 32.1 Å². The number of carbonyl (C=O) groups excluding carboxylic acids is 2. The molecule has 0 atom stereocenters. The summed E-state index contributed by atoms with van der Waals surface area (Å²) in [5.41, 5.74) is 2.07. The molecule has 7 nitrogen and oxygen atoms in total. The summed E-state index contributed by atoms with van der Waals surface area (Å²) < 4.78 is 27.9. The van der Waals surface area contributed by atoms with Gasteiger partial charge in [0.15, 0.2) is 6.29 Å². The predicted octanol–water partition coefficient (Wildman–Crippen LogP) is 3.74. The van der Waals surface area contributed by atoms with Crippen LogP contribution in [0.5, 0.6) is 0 Å².